The zero-order valence-corrected chi connectivity index (χ0v) is 9.07. The van der Waals surface area contributed by atoms with Crippen LogP contribution in [0.3, 0.4) is 0 Å². The predicted molar refractivity (Wildman–Crippen MR) is 55.7 cm³/mol. The van der Waals surface area contributed by atoms with Gasteiger partial charge in [0.25, 0.3) is 0 Å². The largest absolute Gasteiger partial charge is 0.481 e. The first-order valence-corrected chi connectivity index (χ1v) is 5.36. The van der Waals surface area contributed by atoms with Crippen LogP contribution in [0.5, 0.6) is 0 Å². The Morgan fingerprint density at radius 3 is 2.81 bits per heavy atom. The van der Waals surface area contributed by atoms with Crippen LogP contribution in [0.2, 0.25) is 0 Å². The molecule has 0 unspecified atom stereocenters. The molecule has 0 aromatic rings. The lowest BCUT2D eigenvalue weighted by Crippen LogP contribution is -2.37. The molecule has 6 heteroatoms. The molecule has 2 amide bonds. The Labute approximate surface area is 93.6 Å². The van der Waals surface area contributed by atoms with Crippen molar-refractivity contribution in [1.82, 2.24) is 10.2 Å². The molecule has 16 heavy (non-hydrogen) atoms. The Morgan fingerprint density at radius 1 is 1.38 bits per heavy atom. The molecule has 0 aromatic carbocycles. The molecule has 1 rings (SSSR count). The monoisotopic (exact) mass is 228 g/mol. The van der Waals surface area contributed by atoms with Crippen LogP contribution in [0, 0.1) is 0 Å². The molecule has 0 spiro atoms. The van der Waals surface area contributed by atoms with Crippen LogP contribution in [0.25, 0.3) is 0 Å². The van der Waals surface area contributed by atoms with Crippen LogP contribution in [0.1, 0.15) is 25.7 Å². The number of amides is 2. The molecule has 0 saturated carbocycles. The Hall–Kier alpha value is -1.59. The summed E-state index contributed by atoms with van der Waals surface area (Å²) in [6.07, 6.45) is 1.26. The highest BCUT2D eigenvalue weighted by Crippen LogP contribution is 2.03. The molecule has 2 N–H and O–H groups in total. The van der Waals surface area contributed by atoms with Gasteiger partial charge in [0.1, 0.15) is 0 Å². The third kappa shape index (κ3) is 4.29. The molecule has 0 radical (unpaired) electrons. The average Bonchev–Trinajstić information content (AvgIpc) is 2.42. The number of rotatable bonds is 4. The third-order valence-electron chi connectivity index (χ3n) is 2.40. The normalized spacial score (nSPS) is 16.5. The summed E-state index contributed by atoms with van der Waals surface area (Å²) in [5, 5.41) is 11.1. The van der Waals surface area contributed by atoms with Crippen molar-refractivity contribution in [2.45, 2.75) is 25.7 Å². The number of carbonyl (C=O) groups excluding carboxylic acids is 2. The summed E-state index contributed by atoms with van der Waals surface area (Å²) in [5.74, 6) is -1.19. The highest BCUT2D eigenvalue weighted by Gasteiger charge is 2.19. The van der Waals surface area contributed by atoms with E-state index in [1.807, 2.05) is 0 Å². The number of hydrogen-bond donors (Lipinski definition) is 2. The van der Waals surface area contributed by atoms with E-state index in [-0.39, 0.29) is 31.2 Å². The molecule has 0 bridgehead atoms. The second kappa shape index (κ2) is 6.09. The number of carboxylic acids is 1. The fraction of sp³-hybridized carbons (Fsp3) is 0.700. The first kappa shape index (κ1) is 12.5. The number of carboxylic acid groups (broad SMARTS) is 1. The summed E-state index contributed by atoms with van der Waals surface area (Å²) < 4.78 is 0. The second-order valence-electron chi connectivity index (χ2n) is 3.77. The standard InChI is InChI=1S/C10H16N2O4/c13-8-7-12(6-2-5-11-8)9(14)3-1-4-10(15)16/h1-7H2,(H,11,13)(H,15,16). The summed E-state index contributed by atoms with van der Waals surface area (Å²) in [7, 11) is 0. The number of hydrogen-bond acceptors (Lipinski definition) is 3. The minimum Gasteiger partial charge on any atom is -0.481 e. The van der Waals surface area contributed by atoms with Gasteiger partial charge in [-0.2, -0.15) is 0 Å². The van der Waals surface area contributed by atoms with E-state index in [2.05, 4.69) is 5.32 Å². The smallest absolute Gasteiger partial charge is 0.303 e. The first-order valence-electron chi connectivity index (χ1n) is 5.36. The van der Waals surface area contributed by atoms with Crippen molar-refractivity contribution >= 4 is 17.8 Å². The lowest BCUT2D eigenvalue weighted by atomic mass is 10.2. The molecular formula is C10H16N2O4. The molecule has 0 aromatic heterocycles. The maximum Gasteiger partial charge on any atom is 0.303 e. The van der Waals surface area contributed by atoms with Crippen molar-refractivity contribution in [3.05, 3.63) is 0 Å². The van der Waals surface area contributed by atoms with Crippen molar-refractivity contribution in [2.24, 2.45) is 0 Å². The van der Waals surface area contributed by atoms with Crippen molar-refractivity contribution in [3.8, 4) is 0 Å². The molecule has 0 atom stereocenters. The highest BCUT2D eigenvalue weighted by molar-refractivity contribution is 5.85. The second-order valence-corrected chi connectivity index (χ2v) is 3.77. The minimum absolute atomic E-state index is 0.00816. The number of nitrogens with zero attached hydrogens (tertiary/aromatic N) is 1. The van der Waals surface area contributed by atoms with Gasteiger partial charge in [-0.1, -0.05) is 0 Å². The molecule has 1 heterocycles. The highest BCUT2D eigenvalue weighted by atomic mass is 16.4. The van der Waals surface area contributed by atoms with E-state index >= 15 is 0 Å². The summed E-state index contributed by atoms with van der Waals surface area (Å²) >= 11 is 0. The Morgan fingerprint density at radius 2 is 2.12 bits per heavy atom. The first-order chi connectivity index (χ1) is 7.59. The van der Waals surface area contributed by atoms with Gasteiger partial charge in [-0.15, -0.1) is 0 Å². The SMILES string of the molecule is O=C(O)CCCC(=O)N1CCCNC(=O)C1. The molecule has 90 valence electrons. The van der Waals surface area contributed by atoms with Gasteiger partial charge >= 0.3 is 5.97 Å². The number of nitrogens with one attached hydrogen (secondary N) is 1. The van der Waals surface area contributed by atoms with Crippen LogP contribution in [0.4, 0.5) is 0 Å². The molecule has 0 aliphatic carbocycles. The van der Waals surface area contributed by atoms with Gasteiger partial charge in [-0.3, -0.25) is 14.4 Å². The van der Waals surface area contributed by atoms with Crippen LogP contribution >= 0.6 is 0 Å². The Bertz CT molecular complexity index is 291. The van der Waals surface area contributed by atoms with Gasteiger partial charge in [-0.05, 0) is 12.8 Å². The van der Waals surface area contributed by atoms with E-state index in [0.717, 1.165) is 6.42 Å². The van der Waals surface area contributed by atoms with E-state index in [0.29, 0.717) is 19.5 Å². The minimum atomic E-state index is -0.901. The fourth-order valence-corrected chi connectivity index (χ4v) is 1.57. The van der Waals surface area contributed by atoms with Gasteiger partial charge in [-0.25, -0.2) is 0 Å². The average molecular weight is 228 g/mol. The summed E-state index contributed by atoms with van der Waals surface area (Å²) in [6.45, 7) is 1.24. The van der Waals surface area contributed by atoms with Crippen LogP contribution < -0.4 is 5.32 Å². The van der Waals surface area contributed by atoms with Crippen molar-refractivity contribution in [2.75, 3.05) is 19.6 Å². The van der Waals surface area contributed by atoms with E-state index in [4.69, 9.17) is 5.11 Å². The van der Waals surface area contributed by atoms with E-state index in [9.17, 15) is 14.4 Å². The fourth-order valence-electron chi connectivity index (χ4n) is 1.57. The van der Waals surface area contributed by atoms with Gasteiger partial charge in [0.05, 0.1) is 6.54 Å². The van der Waals surface area contributed by atoms with E-state index in [1.165, 1.54) is 4.90 Å². The van der Waals surface area contributed by atoms with Gasteiger partial charge in [0.15, 0.2) is 0 Å². The lowest BCUT2D eigenvalue weighted by molar-refractivity contribution is -0.138. The zero-order valence-electron chi connectivity index (χ0n) is 9.07. The molecule has 1 aliphatic rings. The lowest BCUT2D eigenvalue weighted by Gasteiger charge is -2.18. The topological polar surface area (TPSA) is 86.7 Å². The van der Waals surface area contributed by atoms with E-state index in [1.54, 1.807) is 0 Å². The van der Waals surface area contributed by atoms with Crippen molar-refractivity contribution in [3.63, 3.8) is 0 Å². The predicted octanol–water partition coefficient (Wildman–Crippen LogP) is -0.410. The molecule has 1 aliphatic heterocycles. The number of carbonyl (C=O) groups is 3. The number of aliphatic carboxylic acids is 1. The van der Waals surface area contributed by atoms with Crippen molar-refractivity contribution < 1.29 is 19.5 Å². The maximum absolute atomic E-state index is 11.6. The summed E-state index contributed by atoms with van der Waals surface area (Å²) in [6, 6.07) is 0. The molecular weight excluding hydrogens is 212 g/mol. The Kier molecular flexibility index (Phi) is 4.75. The summed E-state index contributed by atoms with van der Waals surface area (Å²) in [4.78, 5) is 34.6. The summed E-state index contributed by atoms with van der Waals surface area (Å²) in [5.41, 5.74) is 0. The van der Waals surface area contributed by atoms with E-state index < -0.39 is 5.97 Å². The maximum atomic E-state index is 11.6. The van der Waals surface area contributed by atoms with Crippen LogP contribution in [-0.4, -0.2) is 47.4 Å². The molecule has 6 nitrogen and oxygen atoms in total. The van der Waals surface area contributed by atoms with Gasteiger partial charge < -0.3 is 15.3 Å². The van der Waals surface area contributed by atoms with Gasteiger partial charge in [0, 0.05) is 25.9 Å². The molecule has 1 fully saturated rings. The van der Waals surface area contributed by atoms with Crippen molar-refractivity contribution in [1.29, 1.82) is 0 Å². The molecule has 1 saturated heterocycles. The quantitative estimate of drug-likeness (QED) is 0.684. The third-order valence-corrected chi connectivity index (χ3v) is 2.40. The van der Waals surface area contributed by atoms with Crippen LogP contribution in [-0.2, 0) is 14.4 Å². The van der Waals surface area contributed by atoms with Crippen LogP contribution in [0.15, 0.2) is 0 Å². The van der Waals surface area contributed by atoms with Gasteiger partial charge in [0.2, 0.25) is 11.8 Å². The zero-order chi connectivity index (χ0) is 12.0. The Balaban J connectivity index is 2.34.